The summed E-state index contributed by atoms with van der Waals surface area (Å²) < 4.78 is 66.9. The lowest BCUT2D eigenvalue weighted by molar-refractivity contribution is 0.0921. The lowest BCUT2D eigenvalue weighted by atomic mass is 10.1. The van der Waals surface area contributed by atoms with Crippen molar-refractivity contribution >= 4 is 5.91 Å². The maximum Gasteiger partial charge on any atom is 0.258 e. The Morgan fingerprint density at radius 2 is 1.50 bits per heavy atom. The molecule has 0 saturated carbocycles. The van der Waals surface area contributed by atoms with Crippen LogP contribution in [0.5, 0.6) is 0 Å². The molecule has 1 aliphatic carbocycles. The SMILES string of the molecule is N[C@@H]1Cc2ccccc2[C@H]1NC(=O)c1c(F)c(F)c(F)c(F)c1F. The Hall–Kier alpha value is -2.48. The van der Waals surface area contributed by atoms with Gasteiger partial charge in [0.25, 0.3) is 5.91 Å². The fourth-order valence-electron chi connectivity index (χ4n) is 2.83. The number of carbonyl (C=O) groups is 1. The zero-order valence-electron chi connectivity index (χ0n) is 12.0. The topological polar surface area (TPSA) is 55.1 Å². The zero-order valence-corrected chi connectivity index (χ0v) is 12.0. The van der Waals surface area contributed by atoms with Gasteiger partial charge in [0.15, 0.2) is 23.3 Å². The quantitative estimate of drug-likeness (QED) is 0.501. The van der Waals surface area contributed by atoms with Gasteiger partial charge in [0.1, 0.15) is 5.56 Å². The summed E-state index contributed by atoms with van der Waals surface area (Å²) in [5, 5.41) is 2.26. The third-order valence-corrected chi connectivity index (χ3v) is 4.00. The molecule has 0 heterocycles. The molecule has 0 spiro atoms. The van der Waals surface area contributed by atoms with Crippen LogP contribution in [-0.4, -0.2) is 11.9 Å². The number of hydrogen-bond acceptors (Lipinski definition) is 2. The Bertz CT molecular complexity index is 810. The van der Waals surface area contributed by atoms with Crippen LogP contribution < -0.4 is 11.1 Å². The van der Waals surface area contributed by atoms with E-state index in [2.05, 4.69) is 5.32 Å². The van der Waals surface area contributed by atoms with Gasteiger partial charge in [-0.2, -0.15) is 0 Å². The molecule has 8 heteroatoms. The largest absolute Gasteiger partial charge is 0.343 e. The van der Waals surface area contributed by atoms with Gasteiger partial charge < -0.3 is 11.1 Å². The van der Waals surface area contributed by atoms with E-state index in [1.165, 1.54) is 0 Å². The van der Waals surface area contributed by atoms with Gasteiger partial charge in [-0.1, -0.05) is 24.3 Å². The Morgan fingerprint density at radius 3 is 2.12 bits per heavy atom. The van der Waals surface area contributed by atoms with Crippen LogP contribution in [0.4, 0.5) is 22.0 Å². The molecule has 0 radical (unpaired) electrons. The Morgan fingerprint density at radius 1 is 0.958 bits per heavy atom. The zero-order chi connectivity index (χ0) is 17.6. The van der Waals surface area contributed by atoms with Crippen molar-refractivity contribution < 1.29 is 26.7 Å². The fourth-order valence-corrected chi connectivity index (χ4v) is 2.83. The van der Waals surface area contributed by atoms with Crippen molar-refractivity contribution in [2.24, 2.45) is 5.73 Å². The molecule has 2 atom stereocenters. The molecule has 0 fully saturated rings. The summed E-state index contributed by atoms with van der Waals surface area (Å²) in [7, 11) is 0. The molecule has 3 nitrogen and oxygen atoms in total. The number of halogens is 5. The third-order valence-electron chi connectivity index (χ3n) is 4.00. The first-order valence-electron chi connectivity index (χ1n) is 6.98. The van der Waals surface area contributed by atoms with E-state index in [9.17, 15) is 26.7 Å². The van der Waals surface area contributed by atoms with E-state index in [0.29, 0.717) is 12.0 Å². The minimum absolute atomic E-state index is 0.415. The standard InChI is InChI=1S/C16H11F5N2O/c17-10-9(11(18)13(20)14(21)12(10)19)16(24)23-15-7-4-2-1-3-6(7)5-8(15)22/h1-4,8,15H,5,22H2,(H,23,24)/t8-,15-/m1/s1. The average Bonchev–Trinajstić information content (AvgIpc) is 2.87. The van der Waals surface area contributed by atoms with Gasteiger partial charge in [-0.3, -0.25) is 4.79 Å². The maximum atomic E-state index is 13.7. The number of nitrogens with one attached hydrogen (secondary N) is 1. The van der Waals surface area contributed by atoms with Crippen LogP contribution in [0.25, 0.3) is 0 Å². The van der Waals surface area contributed by atoms with Crippen LogP contribution in [0, 0.1) is 29.1 Å². The molecule has 1 amide bonds. The Balaban J connectivity index is 1.98. The molecule has 126 valence electrons. The number of benzene rings is 2. The van der Waals surface area contributed by atoms with E-state index < -0.39 is 52.6 Å². The predicted molar refractivity (Wildman–Crippen MR) is 74.6 cm³/mol. The molecule has 3 rings (SSSR count). The van der Waals surface area contributed by atoms with Gasteiger partial charge >= 0.3 is 0 Å². The molecule has 24 heavy (non-hydrogen) atoms. The first-order chi connectivity index (χ1) is 11.3. The molecule has 0 unspecified atom stereocenters. The molecule has 0 aliphatic heterocycles. The van der Waals surface area contributed by atoms with Crippen LogP contribution in [-0.2, 0) is 6.42 Å². The minimum atomic E-state index is -2.32. The van der Waals surface area contributed by atoms with Gasteiger partial charge in [-0.25, -0.2) is 22.0 Å². The molecule has 1 aliphatic rings. The van der Waals surface area contributed by atoms with E-state index in [0.717, 1.165) is 5.56 Å². The van der Waals surface area contributed by atoms with Crippen molar-refractivity contribution in [1.82, 2.24) is 5.32 Å². The van der Waals surface area contributed by atoms with Crippen LogP contribution in [0.15, 0.2) is 24.3 Å². The summed E-state index contributed by atoms with van der Waals surface area (Å²) >= 11 is 0. The maximum absolute atomic E-state index is 13.7. The minimum Gasteiger partial charge on any atom is -0.343 e. The molecule has 3 N–H and O–H groups in total. The van der Waals surface area contributed by atoms with E-state index in [1.54, 1.807) is 24.3 Å². The predicted octanol–water partition coefficient (Wildman–Crippen LogP) is 2.74. The van der Waals surface area contributed by atoms with Crippen LogP contribution in [0.1, 0.15) is 27.5 Å². The van der Waals surface area contributed by atoms with Crippen LogP contribution in [0.3, 0.4) is 0 Å². The van der Waals surface area contributed by atoms with Crippen molar-refractivity contribution in [2.75, 3.05) is 0 Å². The number of rotatable bonds is 2. The van der Waals surface area contributed by atoms with Crippen LogP contribution in [0.2, 0.25) is 0 Å². The highest BCUT2D eigenvalue weighted by atomic mass is 19.2. The molecular weight excluding hydrogens is 331 g/mol. The molecule has 2 aromatic rings. The van der Waals surface area contributed by atoms with Gasteiger partial charge in [-0.15, -0.1) is 0 Å². The molecule has 0 saturated heterocycles. The molecule has 0 bridgehead atoms. The highest BCUT2D eigenvalue weighted by Gasteiger charge is 2.34. The number of hydrogen-bond donors (Lipinski definition) is 2. The Labute approximate surface area is 133 Å². The van der Waals surface area contributed by atoms with Crippen molar-refractivity contribution in [3.8, 4) is 0 Å². The van der Waals surface area contributed by atoms with E-state index in [1.807, 2.05) is 0 Å². The Kier molecular flexibility index (Phi) is 4.00. The van der Waals surface area contributed by atoms with E-state index in [4.69, 9.17) is 5.73 Å². The van der Waals surface area contributed by atoms with Crippen LogP contribution >= 0.6 is 0 Å². The number of fused-ring (bicyclic) bond motifs is 1. The highest BCUT2D eigenvalue weighted by Crippen LogP contribution is 2.31. The van der Waals surface area contributed by atoms with Gasteiger partial charge in [0.2, 0.25) is 5.82 Å². The van der Waals surface area contributed by atoms with Gasteiger partial charge in [0, 0.05) is 6.04 Å². The lowest BCUT2D eigenvalue weighted by Gasteiger charge is -2.19. The summed E-state index contributed by atoms with van der Waals surface area (Å²) in [5.74, 6) is -12.4. The fraction of sp³-hybridized carbons (Fsp3) is 0.188. The average molecular weight is 342 g/mol. The molecular formula is C16H11F5N2O. The third kappa shape index (κ3) is 2.43. The first-order valence-corrected chi connectivity index (χ1v) is 6.98. The summed E-state index contributed by atoms with van der Waals surface area (Å²) in [4.78, 5) is 12.1. The van der Waals surface area contributed by atoms with Crippen molar-refractivity contribution in [3.63, 3.8) is 0 Å². The van der Waals surface area contributed by atoms with Gasteiger partial charge in [0.05, 0.1) is 6.04 Å². The molecule has 0 aromatic heterocycles. The second-order valence-electron chi connectivity index (χ2n) is 5.46. The summed E-state index contributed by atoms with van der Waals surface area (Å²) in [6.45, 7) is 0. The summed E-state index contributed by atoms with van der Waals surface area (Å²) in [5.41, 5.74) is 5.86. The van der Waals surface area contributed by atoms with Gasteiger partial charge in [-0.05, 0) is 17.5 Å². The van der Waals surface area contributed by atoms with E-state index in [-0.39, 0.29) is 0 Å². The summed E-state index contributed by atoms with van der Waals surface area (Å²) in [6.07, 6.45) is 0.415. The van der Waals surface area contributed by atoms with E-state index >= 15 is 0 Å². The van der Waals surface area contributed by atoms with Crippen molar-refractivity contribution in [2.45, 2.75) is 18.5 Å². The van der Waals surface area contributed by atoms with Crippen molar-refractivity contribution in [1.29, 1.82) is 0 Å². The number of amides is 1. The highest BCUT2D eigenvalue weighted by molar-refractivity contribution is 5.95. The second kappa shape index (κ2) is 5.86. The molecule has 2 aromatic carbocycles. The lowest BCUT2D eigenvalue weighted by Crippen LogP contribution is -2.39. The number of nitrogens with two attached hydrogens (primary N) is 1. The first kappa shape index (κ1) is 16.4. The second-order valence-corrected chi connectivity index (χ2v) is 5.46. The van der Waals surface area contributed by atoms with Crippen molar-refractivity contribution in [3.05, 3.63) is 70.0 Å². The smallest absolute Gasteiger partial charge is 0.258 e. The number of carbonyl (C=O) groups excluding carboxylic acids is 1. The normalized spacial score (nSPS) is 19.2. The monoisotopic (exact) mass is 342 g/mol. The summed E-state index contributed by atoms with van der Waals surface area (Å²) in [6, 6.07) is 5.54.